The lowest BCUT2D eigenvalue weighted by molar-refractivity contribution is 0.162. The Kier molecular flexibility index (Phi) is 5.74. The largest absolute Gasteiger partial charge is 0.489 e. The van der Waals surface area contributed by atoms with Crippen LogP contribution in [-0.4, -0.2) is 54.3 Å². The molecule has 0 radical (unpaired) electrons. The third-order valence-electron chi connectivity index (χ3n) is 6.98. The number of rotatable bonds is 5. The van der Waals surface area contributed by atoms with Gasteiger partial charge in [0.1, 0.15) is 23.2 Å². The first-order valence-corrected chi connectivity index (χ1v) is 12.9. The molecule has 9 nitrogen and oxygen atoms in total. The Morgan fingerprint density at radius 2 is 1.87 bits per heavy atom. The predicted molar refractivity (Wildman–Crippen MR) is 147 cm³/mol. The van der Waals surface area contributed by atoms with E-state index in [1.165, 1.54) is 12.1 Å². The SMILES string of the molecule is Cc1cc(F)cc(-c2ccnc3nc(-c4n[nH]c5ccc(-c6cncc(OC7CCNCC7)c6)nc45)[nH]c23)c1. The van der Waals surface area contributed by atoms with Crippen LogP contribution in [0.4, 0.5) is 4.39 Å². The number of aromatic amines is 2. The number of aryl methyl sites for hydroxylation is 1. The molecule has 1 saturated heterocycles. The topological polar surface area (TPSA) is 117 Å². The summed E-state index contributed by atoms with van der Waals surface area (Å²) < 4.78 is 20.3. The minimum absolute atomic E-state index is 0.182. The summed E-state index contributed by atoms with van der Waals surface area (Å²) in [5, 5.41) is 10.9. The molecule has 1 aliphatic rings. The fraction of sp³-hybridized carbons (Fsp3) is 0.207. The summed E-state index contributed by atoms with van der Waals surface area (Å²) in [5.74, 6) is 0.969. The van der Waals surface area contributed by atoms with Crippen molar-refractivity contribution in [3.63, 3.8) is 0 Å². The first-order chi connectivity index (χ1) is 19.1. The van der Waals surface area contributed by atoms with Gasteiger partial charge in [0, 0.05) is 23.5 Å². The first kappa shape index (κ1) is 23.4. The Balaban J connectivity index is 1.26. The maximum Gasteiger partial charge on any atom is 0.178 e. The molecule has 0 atom stereocenters. The lowest BCUT2D eigenvalue weighted by Crippen LogP contribution is -2.34. The summed E-state index contributed by atoms with van der Waals surface area (Å²) in [4.78, 5) is 21.8. The number of H-pyrrole nitrogens is 2. The van der Waals surface area contributed by atoms with Crippen LogP contribution in [0.1, 0.15) is 18.4 Å². The van der Waals surface area contributed by atoms with Gasteiger partial charge >= 0.3 is 0 Å². The van der Waals surface area contributed by atoms with Gasteiger partial charge in [-0.3, -0.25) is 10.1 Å². The third-order valence-corrected chi connectivity index (χ3v) is 6.98. The van der Waals surface area contributed by atoms with Gasteiger partial charge in [-0.15, -0.1) is 0 Å². The summed E-state index contributed by atoms with van der Waals surface area (Å²) in [7, 11) is 0. The summed E-state index contributed by atoms with van der Waals surface area (Å²) in [6.07, 6.45) is 7.32. The number of benzene rings is 1. The molecule has 39 heavy (non-hydrogen) atoms. The van der Waals surface area contributed by atoms with Crippen molar-refractivity contribution in [3.8, 4) is 39.7 Å². The molecule has 0 bridgehead atoms. The lowest BCUT2D eigenvalue weighted by Gasteiger charge is -2.23. The van der Waals surface area contributed by atoms with Crippen molar-refractivity contribution in [2.75, 3.05) is 13.1 Å². The highest BCUT2D eigenvalue weighted by atomic mass is 19.1. The van der Waals surface area contributed by atoms with Crippen molar-refractivity contribution >= 4 is 22.2 Å². The van der Waals surface area contributed by atoms with E-state index in [1.54, 1.807) is 18.6 Å². The van der Waals surface area contributed by atoms with Gasteiger partial charge in [0.15, 0.2) is 17.2 Å². The zero-order valence-corrected chi connectivity index (χ0v) is 21.2. The van der Waals surface area contributed by atoms with Gasteiger partial charge < -0.3 is 15.0 Å². The fourth-order valence-corrected chi connectivity index (χ4v) is 5.11. The quantitative estimate of drug-likeness (QED) is 0.286. The first-order valence-electron chi connectivity index (χ1n) is 12.9. The second-order valence-corrected chi connectivity index (χ2v) is 9.80. The van der Waals surface area contributed by atoms with E-state index in [1.807, 2.05) is 37.3 Å². The highest BCUT2D eigenvalue weighted by Crippen LogP contribution is 2.32. The molecule has 0 saturated carbocycles. The number of nitrogens with zero attached hydrogens (tertiary/aromatic N) is 5. The number of imidazole rings is 1. The van der Waals surface area contributed by atoms with Crippen LogP contribution < -0.4 is 10.1 Å². The summed E-state index contributed by atoms with van der Waals surface area (Å²) in [5.41, 5.74) is 7.24. The minimum Gasteiger partial charge on any atom is -0.489 e. The van der Waals surface area contributed by atoms with Crippen molar-refractivity contribution in [2.24, 2.45) is 0 Å². The molecule has 1 fully saturated rings. The number of hydrogen-bond acceptors (Lipinski definition) is 7. The van der Waals surface area contributed by atoms with Gasteiger partial charge in [0.05, 0.1) is 22.9 Å². The van der Waals surface area contributed by atoms with Crippen molar-refractivity contribution < 1.29 is 9.13 Å². The van der Waals surface area contributed by atoms with Gasteiger partial charge in [-0.05, 0) is 80.4 Å². The van der Waals surface area contributed by atoms with Gasteiger partial charge in [-0.25, -0.2) is 19.3 Å². The summed E-state index contributed by atoms with van der Waals surface area (Å²) in [6, 6.07) is 12.6. The van der Waals surface area contributed by atoms with E-state index in [0.29, 0.717) is 28.2 Å². The average Bonchev–Trinajstić information content (AvgIpc) is 3.57. The van der Waals surface area contributed by atoms with E-state index in [9.17, 15) is 4.39 Å². The van der Waals surface area contributed by atoms with E-state index in [4.69, 9.17) is 14.7 Å². The molecule has 1 aliphatic heterocycles. The Labute approximate surface area is 222 Å². The molecule has 1 aromatic carbocycles. The summed E-state index contributed by atoms with van der Waals surface area (Å²) >= 11 is 0. The number of fused-ring (bicyclic) bond motifs is 2. The van der Waals surface area contributed by atoms with Crippen LogP contribution in [0.2, 0.25) is 0 Å². The van der Waals surface area contributed by atoms with Crippen molar-refractivity contribution in [2.45, 2.75) is 25.9 Å². The van der Waals surface area contributed by atoms with Crippen LogP contribution in [0.3, 0.4) is 0 Å². The molecular weight excluding hydrogens is 495 g/mol. The zero-order chi connectivity index (χ0) is 26.3. The van der Waals surface area contributed by atoms with E-state index in [2.05, 4.69) is 30.5 Å². The normalized spacial score (nSPS) is 14.3. The number of piperidine rings is 1. The monoisotopic (exact) mass is 520 g/mol. The van der Waals surface area contributed by atoms with Crippen molar-refractivity contribution in [1.29, 1.82) is 0 Å². The standard InChI is InChI=1S/C29H25FN8O/c1-16-10-17(12-19(30)11-16)22-6-9-33-28-25(22)35-29(36-28)27-26-24(37-38-27)3-2-23(34-26)18-13-21(15-32-14-18)39-20-4-7-31-8-5-20/h2-3,6,9-15,20,31H,4-5,7-8H2,1H3,(H,37,38)(H,33,35,36). The van der Waals surface area contributed by atoms with Crippen molar-refractivity contribution in [3.05, 3.63) is 72.4 Å². The second kappa shape index (κ2) is 9.55. The Bertz CT molecular complexity index is 1800. The van der Waals surface area contributed by atoms with Crippen LogP contribution in [0.25, 0.3) is 56.1 Å². The lowest BCUT2D eigenvalue weighted by atomic mass is 10.0. The number of halogens is 1. The average molecular weight is 521 g/mol. The second-order valence-electron chi connectivity index (χ2n) is 9.80. The Morgan fingerprint density at radius 3 is 2.74 bits per heavy atom. The van der Waals surface area contributed by atoms with Gasteiger partial charge in [0.2, 0.25) is 0 Å². The Hall–Kier alpha value is -4.70. The van der Waals surface area contributed by atoms with Crippen LogP contribution in [0.5, 0.6) is 5.75 Å². The number of pyridine rings is 3. The predicted octanol–water partition coefficient (Wildman–Crippen LogP) is 5.20. The van der Waals surface area contributed by atoms with Gasteiger partial charge in [-0.2, -0.15) is 5.10 Å². The molecule has 194 valence electrons. The molecule has 6 aromatic rings. The van der Waals surface area contributed by atoms with Gasteiger partial charge in [0.25, 0.3) is 0 Å². The van der Waals surface area contributed by atoms with Crippen LogP contribution in [-0.2, 0) is 0 Å². The number of nitrogens with one attached hydrogen (secondary N) is 3. The number of ether oxygens (including phenoxy) is 1. The molecule has 0 aliphatic carbocycles. The maximum atomic E-state index is 14.2. The smallest absolute Gasteiger partial charge is 0.178 e. The zero-order valence-electron chi connectivity index (χ0n) is 21.2. The molecule has 0 amide bonds. The Morgan fingerprint density at radius 1 is 0.974 bits per heavy atom. The maximum absolute atomic E-state index is 14.2. The van der Waals surface area contributed by atoms with Crippen LogP contribution in [0.15, 0.2) is 61.1 Å². The highest BCUT2D eigenvalue weighted by Gasteiger charge is 2.19. The van der Waals surface area contributed by atoms with Crippen LogP contribution >= 0.6 is 0 Å². The van der Waals surface area contributed by atoms with E-state index >= 15 is 0 Å². The van der Waals surface area contributed by atoms with Crippen molar-refractivity contribution in [1.82, 2.24) is 40.4 Å². The molecule has 0 spiro atoms. The van der Waals surface area contributed by atoms with E-state index < -0.39 is 0 Å². The molecule has 0 unspecified atom stereocenters. The molecule has 3 N–H and O–H groups in total. The van der Waals surface area contributed by atoms with E-state index in [-0.39, 0.29) is 11.9 Å². The number of hydrogen-bond donors (Lipinski definition) is 3. The number of aromatic nitrogens is 7. The molecule has 10 heteroatoms. The molecule has 5 aromatic heterocycles. The third kappa shape index (κ3) is 4.48. The molecule has 6 heterocycles. The van der Waals surface area contributed by atoms with Gasteiger partial charge in [-0.1, -0.05) is 6.07 Å². The molecular formula is C29H25FN8O. The minimum atomic E-state index is -0.288. The highest BCUT2D eigenvalue weighted by molar-refractivity contribution is 5.95. The molecule has 7 rings (SSSR count). The summed E-state index contributed by atoms with van der Waals surface area (Å²) in [6.45, 7) is 3.78. The van der Waals surface area contributed by atoms with Crippen LogP contribution in [0, 0.1) is 12.7 Å². The van der Waals surface area contributed by atoms with E-state index in [0.717, 1.165) is 65.1 Å². The fourth-order valence-electron chi connectivity index (χ4n) is 5.11.